The first-order valence-electron chi connectivity index (χ1n) is 5.58. The summed E-state index contributed by atoms with van der Waals surface area (Å²) in [5, 5.41) is 1.47. The van der Waals surface area contributed by atoms with Crippen molar-refractivity contribution in [3.8, 4) is 0 Å². The van der Waals surface area contributed by atoms with Gasteiger partial charge in [0.15, 0.2) is 0 Å². The smallest absolute Gasteiger partial charge is 0.0482 e. The summed E-state index contributed by atoms with van der Waals surface area (Å²) in [6.07, 6.45) is 6.57. The van der Waals surface area contributed by atoms with Crippen LogP contribution in [-0.4, -0.2) is 6.04 Å². The molecule has 0 fully saturated rings. The van der Waals surface area contributed by atoms with Gasteiger partial charge in [0.05, 0.1) is 0 Å². The molecule has 1 aliphatic rings. The van der Waals surface area contributed by atoms with Crippen molar-refractivity contribution in [2.24, 2.45) is 5.73 Å². The summed E-state index contributed by atoms with van der Waals surface area (Å²) in [5.74, 6) is 0. The third kappa shape index (κ3) is 2.79. The summed E-state index contributed by atoms with van der Waals surface area (Å²) in [6, 6.07) is 5.72. The van der Waals surface area contributed by atoms with Crippen molar-refractivity contribution in [3.63, 3.8) is 0 Å². The van der Waals surface area contributed by atoms with Crippen LogP contribution in [0.3, 0.4) is 0 Å². The Hall–Kier alpha value is -0.500. The summed E-state index contributed by atoms with van der Waals surface area (Å²) in [5.41, 5.74) is 8.27. The minimum Gasteiger partial charge on any atom is -0.324 e. The van der Waals surface area contributed by atoms with Gasteiger partial charge >= 0.3 is 0 Å². The molecule has 1 aliphatic carbocycles. The Bertz CT molecular complexity index is 412. The molecule has 0 radical (unpaired) electrons. The van der Waals surface area contributed by atoms with E-state index in [0.29, 0.717) is 0 Å². The van der Waals surface area contributed by atoms with E-state index in [4.69, 9.17) is 28.9 Å². The van der Waals surface area contributed by atoms with Gasteiger partial charge < -0.3 is 5.73 Å². The van der Waals surface area contributed by atoms with E-state index in [2.05, 4.69) is 6.08 Å². The predicted octanol–water partition coefficient (Wildman–Crippen LogP) is 4.28. The summed E-state index contributed by atoms with van der Waals surface area (Å²) in [6.45, 7) is 0. The third-order valence-electron chi connectivity index (χ3n) is 2.92. The van der Waals surface area contributed by atoms with Crippen LogP contribution in [-0.2, 0) is 0 Å². The van der Waals surface area contributed by atoms with Gasteiger partial charge in [-0.3, -0.25) is 0 Å². The minimum absolute atomic E-state index is 0.146. The number of hydrogen-bond acceptors (Lipinski definition) is 1. The highest BCUT2D eigenvalue weighted by Crippen LogP contribution is 2.32. The van der Waals surface area contributed by atoms with Crippen molar-refractivity contribution >= 4 is 28.8 Å². The van der Waals surface area contributed by atoms with E-state index in [1.54, 1.807) is 0 Å². The Morgan fingerprint density at radius 2 is 2.00 bits per heavy atom. The molecule has 0 amide bonds. The molecule has 0 saturated heterocycles. The van der Waals surface area contributed by atoms with E-state index in [-0.39, 0.29) is 6.04 Å². The standard InChI is InChI=1S/C13H15Cl2N/c14-10-5-6-13(15)12(8-10)9-3-1-2-4-11(16)7-9/h5-8,11H,1-4,16H2. The molecule has 0 aromatic heterocycles. The van der Waals surface area contributed by atoms with Crippen LogP contribution in [0.1, 0.15) is 31.2 Å². The van der Waals surface area contributed by atoms with E-state index in [1.165, 1.54) is 18.4 Å². The molecule has 1 unspecified atom stereocenters. The van der Waals surface area contributed by atoms with Crippen LogP contribution in [0.2, 0.25) is 10.0 Å². The lowest BCUT2D eigenvalue weighted by Gasteiger charge is -2.09. The molecular weight excluding hydrogens is 241 g/mol. The lowest BCUT2D eigenvalue weighted by atomic mass is 10.0. The fourth-order valence-corrected chi connectivity index (χ4v) is 2.50. The molecule has 0 spiro atoms. The molecule has 16 heavy (non-hydrogen) atoms. The Labute approximate surface area is 106 Å². The number of halogens is 2. The van der Waals surface area contributed by atoms with Crippen molar-refractivity contribution in [3.05, 3.63) is 39.9 Å². The van der Waals surface area contributed by atoms with Gasteiger partial charge in [-0.2, -0.15) is 0 Å². The molecule has 2 N–H and O–H groups in total. The molecule has 0 bridgehead atoms. The zero-order valence-corrected chi connectivity index (χ0v) is 10.6. The Morgan fingerprint density at radius 1 is 1.19 bits per heavy atom. The highest BCUT2D eigenvalue weighted by Gasteiger charge is 2.12. The average molecular weight is 256 g/mol. The summed E-state index contributed by atoms with van der Waals surface area (Å²) in [4.78, 5) is 0. The van der Waals surface area contributed by atoms with E-state index in [9.17, 15) is 0 Å². The van der Waals surface area contributed by atoms with Crippen LogP contribution in [0.4, 0.5) is 0 Å². The van der Waals surface area contributed by atoms with Gasteiger partial charge in [-0.15, -0.1) is 0 Å². The molecular formula is C13H15Cl2N. The van der Waals surface area contributed by atoms with E-state index in [1.807, 2.05) is 18.2 Å². The van der Waals surface area contributed by atoms with Crippen molar-refractivity contribution in [1.82, 2.24) is 0 Å². The highest BCUT2D eigenvalue weighted by atomic mass is 35.5. The van der Waals surface area contributed by atoms with Gasteiger partial charge in [-0.25, -0.2) is 0 Å². The van der Waals surface area contributed by atoms with Gasteiger partial charge in [0.2, 0.25) is 0 Å². The Morgan fingerprint density at radius 3 is 2.81 bits per heavy atom. The zero-order valence-electron chi connectivity index (χ0n) is 9.05. The van der Waals surface area contributed by atoms with Crippen LogP contribution in [0.5, 0.6) is 0 Å². The van der Waals surface area contributed by atoms with E-state index in [0.717, 1.165) is 28.5 Å². The number of rotatable bonds is 1. The van der Waals surface area contributed by atoms with Crippen LogP contribution in [0.25, 0.3) is 5.57 Å². The second-order valence-corrected chi connectivity index (χ2v) is 5.07. The maximum absolute atomic E-state index is 6.19. The summed E-state index contributed by atoms with van der Waals surface area (Å²) < 4.78 is 0. The first-order chi connectivity index (χ1) is 7.66. The Balaban J connectivity index is 2.38. The summed E-state index contributed by atoms with van der Waals surface area (Å²) >= 11 is 12.2. The van der Waals surface area contributed by atoms with E-state index < -0.39 is 0 Å². The van der Waals surface area contributed by atoms with Crippen molar-refractivity contribution in [2.45, 2.75) is 31.7 Å². The van der Waals surface area contributed by atoms with Crippen LogP contribution >= 0.6 is 23.2 Å². The van der Waals surface area contributed by atoms with Crippen LogP contribution in [0.15, 0.2) is 24.3 Å². The van der Waals surface area contributed by atoms with Gasteiger partial charge in [0.1, 0.15) is 0 Å². The molecule has 3 heteroatoms. The molecule has 1 aromatic rings. The van der Waals surface area contributed by atoms with E-state index >= 15 is 0 Å². The topological polar surface area (TPSA) is 26.0 Å². The van der Waals surface area contributed by atoms with Gasteiger partial charge in [-0.05, 0) is 48.6 Å². The van der Waals surface area contributed by atoms with Gasteiger partial charge in [0, 0.05) is 16.1 Å². The third-order valence-corrected chi connectivity index (χ3v) is 3.49. The second kappa shape index (κ2) is 5.22. The maximum atomic E-state index is 6.19. The molecule has 1 atom stereocenters. The monoisotopic (exact) mass is 255 g/mol. The first-order valence-corrected chi connectivity index (χ1v) is 6.34. The second-order valence-electron chi connectivity index (χ2n) is 4.23. The molecule has 0 heterocycles. The SMILES string of the molecule is NC1C=C(c2cc(Cl)ccc2Cl)CCCC1. The quantitative estimate of drug-likeness (QED) is 0.797. The maximum Gasteiger partial charge on any atom is 0.0482 e. The van der Waals surface area contributed by atoms with Crippen molar-refractivity contribution in [2.75, 3.05) is 0 Å². The lowest BCUT2D eigenvalue weighted by molar-refractivity contribution is 0.658. The summed E-state index contributed by atoms with van der Waals surface area (Å²) in [7, 11) is 0. The highest BCUT2D eigenvalue weighted by molar-refractivity contribution is 6.34. The fourth-order valence-electron chi connectivity index (χ4n) is 2.09. The molecule has 0 aliphatic heterocycles. The lowest BCUT2D eigenvalue weighted by Crippen LogP contribution is -2.15. The van der Waals surface area contributed by atoms with Crippen molar-refractivity contribution < 1.29 is 0 Å². The van der Waals surface area contributed by atoms with Crippen LogP contribution in [0, 0.1) is 0 Å². The molecule has 1 aromatic carbocycles. The first kappa shape index (κ1) is 12.0. The van der Waals surface area contributed by atoms with Gasteiger partial charge in [0.25, 0.3) is 0 Å². The zero-order chi connectivity index (χ0) is 11.5. The average Bonchev–Trinajstić information content (AvgIpc) is 2.46. The van der Waals surface area contributed by atoms with Gasteiger partial charge in [-0.1, -0.05) is 35.7 Å². The molecule has 2 rings (SSSR count). The molecule has 0 saturated carbocycles. The number of nitrogens with two attached hydrogens (primary N) is 1. The number of benzene rings is 1. The largest absolute Gasteiger partial charge is 0.324 e. The molecule has 86 valence electrons. The molecule has 1 nitrogen and oxygen atoms in total. The minimum atomic E-state index is 0.146. The number of allylic oxidation sites excluding steroid dienone is 1. The number of hydrogen-bond donors (Lipinski definition) is 1. The fraction of sp³-hybridized carbons (Fsp3) is 0.385. The van der Waals surface area contributed by atoms with Crippen LogP contribution < -0.4 is 5.73 Å². The normalized spacial score (nSPS) is 21.4. The van der Waals surface area contributed by atoms with Crippen molar-refractivity contribution in [1.29, 1.82) is 0 Å². The predicted molar refractivity (Wildman–Crippen MR) is 70.9 cm³/mol. The Kier molecular flexibility index (Phi) is 3.91.